The quantitative estimate of drug-likeness (QED) is 0.753. The molecule has 2 rings (SSSR count). The molecule has 0 unspecified atom stereocenters. The van der Waals surface area contributed by atoms with E-state index in [2.05, 4.69) is 4.72 Å². The maximum atomic E-state index is 12.7. The normalized spacial score (nSPS) is 11.8. The van der Waals surface area contributed by atoms with E-state index in [1.165, 1.54) is 0 Å². The monoisotopic (exact) mass is 377 g/mol. The van der Waals surface area contributed by atoms with E-state index in [9.17, 15) is 8.42 Å². The molecular formula is C20H27NO4S. The van der Waals surface area contributed by atoms with Gasteiger partial charge >= 0.3 is 0 Å². The summed E-state index contributed by atoms with van der Waals surface area (Å²) in [6.45, 7) is 8.10. The van der Waals surface area contributed by atoms with Gasteiger partial charge in [0.1, 0.15) is 11.5 Å². The molecule has 2 aromatic carbocycles. The Balaban J connectivity index is 2.18. The second-order valence-electron chi connectivity index (χ2n) is 6.70. The fourth-order valence-electron chi connectivity index (χ4n) is 2.59. The van der Waals surface area contributed by atoms with E-state index in [4.69, 9.17) is 9.47 Å². The first-order chi connectivity index (χ1) is 12.2. The van der Waals surface area contributed by atoms with E-state index in [0.717, 1.165) is 16.9 Å². The van der Waals surface area contributed by atoms with Crippen LogP contribution in [0.2, 0.25) is 0 Å². The molecule has 0 spiro atoms. The molecule has 0 aliphatic heterocycles. The molecule has 0 aromatic heterocycles. The van der Waals surface area contributed by atoms with Crippen molar-refractivity contribution in [3.63, 3.8) is 0 Å². The van der Waals surface area contributed by atoms with Crippen LogP contribution in [0.5, 0.6) is 11.5 Å². The molecule has 0 saturated heterocycles. The predicted octanol–water partition coefficient (Wildman–Crippen LogP) is 4.08. The summed E-state index contributed by atoms with van der Waals surface area (Å²) in [6, 6.07) is 12.3. The molecule has 0 amide bonds. The molecule has 0 atom stereocenters. The summed E-state index contributed by atoms with van der Waals surface area (Å²) in [7, 11) is -2.04. The molecule has 1 N–H and O–H groups in total. The minimum atomic E-state index is -3.62. The molecular weight excluding hydrogens is 350 g/mol. The lowest BCUT2D eigenvalue weighted by Crippen LogP contribution is -2.23. The Morgan fingerprint density at radius 2 is 1.77 bits per heavy atom. The number of methoxy groups -OCH3 is 1. The second kappa shape index (κ2) is 8.56. The molecule has 0 heterocycles. The largest absolute Gasteiger partial charge is 0.496 e. The van der Waals surface area contributed by atoms with Crippen LogP contribution in [0, 0.1) is 0 Å². The third-order valence-corrected chi connectivity index (χ3v) is 5.27. The van der Waals surface area contributed by atoms with Crippen LogP contribution in [-0.2, 0) is 16.6 Å². The van der Waals surface area contributed by atoms with Crippen LogP contribution in [-0.4, -0.2) is 21.6 Å². The average Bonchev–Trinajstić information content (AvgIpc) is 2.59. The zero-order valence-corrected chi connectivity index (χ0v) is 16.8. The Morgan fingerprint density at radius 1 is 1.04 bits per heavy atom. The van der Waals surface area contributed by atoms with E-state index in [-0.39, 0.29) is 23.5 Å². The number of hydrogen-bond donors (Lipinski definition) is 1. The third-order valence-electron chi connectivity index (χ3n) is 3.87. The SMILES string of the molecule is COc1ccc(S(=O)(=O)NCc2cccc(OC(C)C)c2)cc1C(C)C. The number of rotatable bonds is 8. The van der Waals surface area contributed by atoms with E-state index < -0.39 is 10.0 Å². The van der Waals surface area contributed by atoms with E-state index >= 15 is 0 Å². The van der Waals surface area contributed by atoms with Crippen LogP contribution < -0.4 is 14.2 Å². The van der Waals surface area contributed by atoms with Gasteiger partial charge in [-0.05, 0) is 61.2 Å². The first kappa shape index (κ1) is 20.3. The van der Waals surface area contributed by atoms with Gasteiger partial charge in [-0.15, -0.1) is 0 Å². The van der Waals surface area contributed by atoms with Gasteiger partial charge < -0.3 is 9.47 Å². The minimum Gasteiger partial charge on any atom is -0.496 e. The molecule has 0 aliphatic carbocycles. The highest BCUT2D eigenvalue weighted by molar-refractivity contribution is 7.89. The van der Waals surface area contributed by atoms with Gasteiger partial charge in [-0.3, -0.25) is 0 Å². The number of benzene rings is 2. The Kier molecular flexibility index (Phi) is 6.67. The van der Waals surface area contributed by atoms with Crippen LogP contribution in [0.3, 0.4) is 0 Å². The summed E-state index contributed by atoms with van der Waals surface area (Å²) < 4.78 is 38.9. The van der Waals surface area contributed by atoms with Crippen molar-refractivity contribution in [2.45, 2.75) is 51.2 Å². The molecule has 2 aromatic rings. The van der Waals surface area contributed by atoms with Crippen molar-refractivity contribution in [2.75, 3.05) is 7.11 Å². The Hall–Kier alpha value is -2.05. The molecule has 0 fully saturated rings. The Labute approximate surface area is 156 Å². The standard InChI is InChI=1S/C20H27NO4S/c1-14(2)19-12-18(9-10-20(19)24-5)26(22,23)21-13-16-7-6-8-17(11-16)25-15(3)4/h6-12,14-15,21H,13H2,1-5H3. The van der Waals surface area contributed by atoms with Gasteiger partial charge in [-0.25, -0.2) is 13.1 Å². The summed E-state index contributed by atoms with van der Waals surface area (Å²) in [5, 5.41) is 0. The summed E-state index contributed by atoms with van der Waals surface area (Å²) >= 11 is 0. The van der Waals surface area contributed by atoms with E-state index in [0.29, 0.717) is 5.75 Å². The lowest BCUT2D eigenvalue weighted by Gasteiger charge is -2.14. The Morgan fingerprint density at radius 3 is 2.38 bits per heavy atom. The molecule has 5 nitrogen and oxygen atoms in total. The first-order valence-electron chi connectivity index (χ1n) is 8.66. The summed E-state index contributed by atoms with van der Waals surface area (Å²) in [4.78, 5) is 0.233. The molecule has 0 bridgehead atoms. The van der Waals surface area contributed by atoms with Gasteiger partial charge in [-0.2, -0.15) is 0 Å². The highest BCUT2D eigenvalue weighted by atomic mass is 32.2. The number of nitrogens with one attached hydrogen (secondary N) is 1. The number of ether oxygens (including phenoxy) is 2. The van der Waals surface area contributed by atoms with Gasteiger partial charge in [0.05, 0.1) is 18.1 Å². The van der Waals surface area contributed by atoms with Crippen molar-refractivity contribution < 1.29 is 17.9 Å². The van der Waals surface area contributed by atoms with Crippen molar-refractivity contribution in [2.24, 2.45) is 0 Å². The van der Waals surface area contributed by atoms with Crippen molar-refractivity contribution in [3.8, 4) is 11.5 Å². The lowest BCUT2D eigenvalue weighted by molar-refractivity contribution is 0.242. The molecule has 6 heteroatoms. The maximum Gasteiger partial charge on any atom is 0.240 e. The smallest absolute Gasteiger partial charge is 0.240 e. The number of sulfonamides is 1. The van der Waals surface area contributed by atoms with E-state index in [1.807, 2.05) is 52.0 Å². The van der Waals surface area contributed by atoms with Crippen LogP contribution in [0.25, 0.3) is 0 Å². The number of hydrogen-bond acceptors (Lipinski definition) is 4. The topological polar surface area (TPSA) is 64.6 Å². The lowest BCUT2D eigenvalue weighted by atomic mass is 10.0. The van der Waals surface area contributed by atoms with Crippen LogP contribution >= 0.6 is 0 Å². The van der Waals surface area contributed by atoms with Gasteiger partial charge in [0.2, 0.25) is 10.0 Å². The molecule has 0 radical (unpaired) electrons. The minimum absolute atomic E-state index is 0.0655. The summed E-state index contributed by atoms with van der Waals surface area (Å²) in [5.74, 6) is 1.57. The molecule has 0 aliphatic rings. The fourth-order valence-corrected chi connectivity index (χ4v) is 3.65. The second-order valence-corrected chi connectivity index (χ2v) is 8.46. The fraction of sp³-hybridized carbons (Fsp3) is 0.400. The van der Waals surface area contributed by atoms with Crippen molar-refractivity contribution in [1.29, 1.82) is 0 Å². The van der Waals surface area contributed by atoms with Gasteiger partial charge in [0.25, 0.3) is 0 Å². The van der Waals surface area contributed by atoms with Crippen molar-refractivity contribution >= 4 is 10.0 Å². The zero-order valence-electron chi connectivity index (χ0n) is 15.9. The molecule has 142 valence electrons. The van der Waals surface area contributed by atoms with Gasteiger partial charge in [0, 0.05) is 6.54 Å². The van der Waals surface area contributed by atoms with Gasteiger partial charge in [-0.1, -0.05) is 26.0 Å². The highest BCUT2D eigenvalue weighted by Crippen LogP contribution is 2.29. The van der Waals surface area contributed by atoms with E-state index in [1.54, 1.807) is 25.3 Å². The Bertz CT molecular complexity index is 845. The maximum absolute atomic E-state index is 12.7. The zero-order chi connectivity index (χ0) is 19.3. The van der Waals surface area contributed by atoms with Crippen LogP contribution in [0.15, 0.2) is 47.4 Å². The average molecular weight is 378 g/mol. The van der Waals surface area contributed by atoms with Crippen molar-refractivity contribution in [1.82, 2.24) is 4.72 Å². The summed E-state index contributed by atoms with van der Waals surface area (Å²) in [5.41, 5.74) is 1.70. The summed E-state index contributed by atoms with van der Waals surface area (Å²) in [6.07, 6.45) is 0.0655. The predicted molar refractivity (Wildman–Crippen MR) is 103 cm³/mol. The molecule has 0 saturated carbocycles. The molecule has 26 heavy (non-hydrogen) atoms. The van der Waals surface area contributed by atoms with Crippen LogP contribution in [0.4, 0.5) is 0 Å². The van der Waals surface area contributed by atoms with Crippen LogP contribution in [0.1, 0.15) is 44.7 Å². The third kappa shape index (κ3) is 5.22. The highest BCUT2D eigenvalue weighted by Gasteiger charge is 2.17. The first-order valence-corrected chi connectivity index (χ1v) is 10.1. The van der Waals surface area contributed by atoms with Gasteiger partial charge in [0.15, 0.2) is 0 Å². The van der Waals surface area contributed by atoms with Crippen molar-refractivity contribution in [3.05, 3.63) is 53.6 Å².